The van der Waals surface area contributed by atoms with Crippen LogP contribution in [0.4, 0.5) is 28.9 Å². The number of aromatic nitrogens is 1. The number of rotatable bonds is 6. The van der Waals surface area contributed by atoms with Crippen LogP contribution in [0.5, 0.6) is 0 Å². The molecular formula is C21H18F4N4O. The molecule has 30 heavy (non-hydrogen) atoms. The van der Waals surface area contributed by atoms with E-state index in [9.17, 15) is 18.0 Å². The molecule has 0 aliphatic carbocycles. The maximum Gasteiger partial charge on any atom is 0.258 e. The second-order valence-corrected chi connectivity index (χ2v) is 6.44. The van der Waals surface area contributed by atoms with Crippen LogP contribution < -0.4 is 16.0 Å². The molecule has 0 radical (unpaired) electrons. The lowest BCUT2D eigenvalue weighted by molar-refractivity contribution is 0.102. The Labute approximate surface area is 170 Å². The van der Waals surface area contributed by atoms with Gasteiger partial charge in [0.25, 0.3) is 5.91 Å². The predicted molar refractivity (Wildman–Crippen MR) is 106 cm³/mol. The number of carbonyl (C=O) groups is 1. The van der Waals surface area contributed by atoms with Crippen molar-refractivity contribution in [2.45, 2.75) is 0 Å². The summed E-state index contributed by atoms with van der Waals surface area (Å²) >= 11 is 0. The molecule has 0 bridgehead atoms. The maximum atomic E-state index is 15.0. The van der Waals surface area contributed by atoms with Crippen molar-refractivity contribution < 1.29 is 22.4 Å². The van der Waals surface area contributed by atoms with Crippen LogP contribution in [-0.2, 0) is 0 Å². The molecule has 0 fully saturated rings. The van der Waals surface area contributed by atoms with Crippen LogP contribution in [0.1, 0.15) is 10.4 Å². The van der Waals surface area contributed by atoms with Crippen LogP contribution in [0.15, 0.2) is 48.8 Å². The molecule has 0 atom stereocenters. The van der Waals surface area contributed by atoms with Crippen LogP contribution in [0, 0.1) is 23.3 Å². The topological polar surface area (TPSA) is 71.2 Å². The van der Waals surface area contributed by atoms with Gasteiger partial charge in [-0.3, -0.25) is 9.78 Å². The Hall–Kier alpha value is -3.46. The number of benzene rings is 2. The normalized spacial score (nSPS) is 10.7. The Morgan fingerprint density at radius 3 is 2.37 bits per heavy atom. The van der Waals surface area contributed by atoms with E-state index >= 15 is 4.39 Å². The third kappa shape index (κ3) is 4.11. The Bertz CT molecular complexity index is 1070. The number of halogens is 4. The highest BCUT2D eigenvalue weighted by Crippen LogP contribution is 2.33. The largest absolute Gasteiger partial charge is 0.372 e. The van der Waals surface area contributed by atoms with Gasteiger partial charge in [0.15, 0.2) is 0 Å². The first-order valence-electron chi connectivity index (χ1n) is 8.94. The smallest absolute Gasteiger partial charge is 0.258 e. The summed E-state index contributed by atoms with van der Waals surface area (Å²) in [5.41, 5.74) is 3.97. The first-order chi connectivity index (χ1) is 14.3. The first-order valence-corrected chi connectivity index (χ1v) is 8.94. The van der Waals surface area contributed by atoms with Crippen LogP contribution >= 0.6 is 0 Å². The van der Waals surface area contributed by atoms with Gasteiger partial charge in [-0.1, -0.05) is 6.07 Å². The summed E-state index contributed by atoms with van der Waals surface area (Å²) in [6.07, 6.45) is 2.87. The summed E-state index contributed by atoms with van der Waals surface area (Å²) in [6, 6.07) is 6.14. The number of amides is 1. The summed E-state index contributed by atoms with van der Waals surface area (Å²) < 4.78 is 57.5. The zero-order chi connectivity index (χ0) is 21.8. The molecule has 3 rings (SSSR count). The second-order valence-electron chi connectivity index (χ2n) is 6.44. The van der Waals surface area contributed by atoms with E-state index in [2.05, 4.69) is 10.3 Å². The van der Waals surface area contributed by atoms with Gasteiger partial charge < -0.3 is 16.0 Å². The minimum Gasteiger partial charge on any atom is -0.372 e. The van der Waals surface area contributed by atoms with E-state index < -0.39 is 45.9 Å². The van der Waals surface area contributed by atoms with Crippen molar-refractivity contribution in [3.8, 4) is 11.1 Å². The molecule has 0 aliphatic rings. The van der Waals surface area contributed by atoms with Gasteiger partial charge in [-0.25, -0.2) is 17.6 Å². The fourth-order valence-electron chi connectivity index (χ4n) is 3.01. The maximum absolute atomic E-state index is 15.0. The molecule has 0 saturated heterocycles. The third-order valence-corrected chi connectivity index (χ3v) is 4.47. The van der Waals surface area contributed by atoms with Gasteiger partial charge in [-0.05, 0) is 30.3 Å². The quantitative estimate of drug-likeness (QED) is 0.595. The van der Waals surface area contributed by atoms with Crippen LogP contribution in [-0.4, -0.2) is 31.0 Å². The fraction of sp³-hybridized carbons (Fsp3) is 0.143. The van der Waals surface area contributed by atoms with Gasteiger partial charge in [0.05, 0.1) is 34.3 Å². The van der Waals surface area contributed by atoms with Gasteiger partial charge in [-0.15, -0.1) is 0 Å². The van der Waals surface area contributed by atoms with E-state index in [-0.39, 0.29) is 5.69 Å². The molecular weight excluding hydrogens is 400 g/mol. The van der Waals surface area contributed by atoms with E-state index in [0.717, 1.165) is 30.3 Å². The highest BCUT2D eigenvalue weighted by Gasteiger charge is 2.25. The summed E-state index contributed by atoms with van der Waals surface area (Å²) in [7, 11) is 1.75. The highest BCUT2D eigenvalue weighted by atomic mass is 19.1. The number of nitrogens with one attached hydrogen (secondary N) is 1. The lowest BCUT2D eigenvalue weighted by atomic mass is 9.99. The Morgan fingerprint density at radius 1 is 1.03 bits per heavy atom. The number of likely N-dealkylation sites (N-methyl/N-ethyl adjacent to an activating group) is 1. The van der Waals surface area contributed by atoms with Gasteiger partial charge >= 0.3 is 0 Å². The molecule has 1 aromatic heterocycles. The minimum absolute atomic E-state index is 0.265. The second kappa shape index (κ2) is 8.91. The Morgan fingerprint density at radius 2 is 1.70 bits per heavy atom. The number of pyridine rings is 1. The van der Waals surface area contributed by atoms with Gasteiger partial charge in [0.1, 0.15) is 23.3 Å². The average Bonchev–Trinajstić information content (AvgIpc) is 2.70. The van der Waals surface area contributed by atoms with Gasteiger partial charge in [0.2, 0.25) is 0 Å². The van der Waals surface area contributed by atoms with Crippen LogP contribution in [0.2, 0.25) is 0 Å². The molecule has 9 heteroatoms. The Kier molecular flexibility index (Phi) is 6.31. The lowest BCUT2D eigenvalue weighted by Gasteiger charge is -2.21. The van der Waals surface area contributed by atoms with Crippen molar-refractivity contribution in [2.75, 3.05) is 30.4 Å². The van der Waals surface area contributed by atoms with Crippen LogP contribution in [0.3, 0.4) is 0 Å². The summed E-state index contributed by atoms with van der Waals surface area (Å²) in [5, 5.41) is 2.50. The van der Waals surface area contributed by atoms with Gasteiger partial charge in [0, 0.05) is 26.3 Å². The minimum atomic E-state index is -1.38. The molecule has 3 aromatic rings. The zero-order valence-corrected chi connectivity index (χ0v) is 15.9. The fourth-order valence-corrected chi connectivity index (χ4v) is 3.01. The summed E-state index contributed by atoms with van der Waals surface area (Å²) in [4.78, 5) is 18.4. The molecule has 0 saturated carbocycles. The number of carbonyl (C=O) groups excluding carboxylic acids is 1. The molecule has 1 amide bonds. The number of hydrogen-bond donors (Lipinski definition) is 2. The monoisotopic (exact) mass is 418 g/mol. The van der Waals surface area contributed by atoms with E-state index in [4.69, 9.17) is 5.73 Å². The molecule has 5 nitrogen and oxygen atoms in total. The summed E-state index contributed by atoms with van der Waals surface area (Å²) in [6.45, 7) is 0.838. The molecule has 0 aliphatic heterocycles. The van der Waals surface area contributed by atoms with E-state index in [1.165, 1.54) is 12.4 Å². The SMILES string of the molecule is CN(CCN)c1ccncc1NC(=O)c1ccc(F)c(-c2c(F)cccc2F)c1F. The summed E-state index contributed by atoms with van der Waals surface area (Å²) in [5.74, 6) is -5.80. The molecule has 3 N–H and O–H groups in total. The van der Waals surface area contributed by atoms with E-state index in [0.29, 0.717) is 18.8 Å². The van der Waals surface area contributed by atoms with Crippen molar-refractivity contribution in [1.82, 2.24) is 4.98 Å². The number of anilines is 2. The number of hydrogen-bond acceptors (Lipinski definition) is 4. The van der Waals surface area contributed by atoms with E-state index in [1.807, 2.05) is 0 Å². The molecule has 0 unspecified atom stereocenters. The molecule has 156 valence electrons. The average molecular weight is 418 g/mol. The van der Waals surface area contributed by atoms with E-state index in [1.54, 1.807) is 18.0 Å². The van der Waals surface area contributed by atoms with Crippen molar-refractivity contribution >= 4 is 17.3 Å². The predicted octanol–water partition coefficient (Wildman–Crippen LogP) is 3.95. The Balaban J connectivity index is 2.02. The lowest BCUT2D eigenvalue weighted by Crippen LogP contribution is -2.26. The number of nitrogens with two attached hydrogens (primary N) is 1. The molecule has 0 spiro atoms. The van der Waals surface area contributed by atoms with Crippen molar-refractivity contribution in [2.24, 2.45) is 5.73 Å². The number of nitrogens with zero attached hydrogens (tertiary/aromatic N) is 2. The highest BCUT2D eigenvalue weighted by molar-refractivity contribution is 6.06. The third-order valence-electron chi connectivity index (χ3n) is 4.47. The van der Waals surface area contributed by atoms with Gasteiger partial charge in [-0.2, -0.15) is 0 Å². The molecule has 2 aromatic carbocycles. The van der Waals surface area contributed by atoms with Crippen molar-refractivity contribution in [1.29, 1.82) is 0 Å². The van der Waals surface area contributed by atoms with Crippen LogP contribution in [0.25, 0.3) is 11.1 Å². The molecule has 1 heterocycles. The first kappa shape index (κ1) is 21.3. The zero-order valence-electron chi connectivity index (χ0n) is 15.9. The van der Waals surface area contributed by atoms with Crippen molar-refractivity contribution in [3.05, 3.63) is 77.6 Å². The van der Waals surface area contributed by atoms with Crippen molar-refractivity contribution in [3.63, 3.8) is 0 Å². The standard InChI is InChI=1S/C21H18F4N4O/c1-29(10-8-26)17-7-9-27-11-16(17)28-21(30)12-5-6-15(24)19(20(12)25)18-13(22)3-2-4-14(18)23/h2-7,9,11H,8,10,26H2,1H3,(H,28,30).